The molecule has 8 heteroatoms. The van der Waals surface area contributed by atoms with Gasteiger partial charge in [-0.3, -0.25) is 19.1 Å². The Kier molecular flexibility index (Phi) is 5.44. The number of nitrogens with zero attached hydrogens (tertiary/aromatic N) is 4. The molecule has 0 spiro atoms. The summed E-state index contributed by atoms with van der Waals surface area (Å²) in [6, 6.07) is 12.5. The molecule has 2 aliphatic rings. The van der Waals surface area contributed by atoms with Crippen molar-refractivity contribution >= 4 is 11.6 Å². The number of rotatable bonds is 5. The van der Waals surface area contributed by atoms with Crippen LogP contribution in [0.3, 0.4) is 0 Å². The highest BCUT2D eigenvalue weighted by Gasteiger charge is 2.18. The Morgan fingerprint density at radius 3 is 2.45 bits per heavy atom. The van der Waals surface area contributed by atoms with Gasteiger partial charge in [-0.15, -0.1) is 0 Å². The van der Waals surface area contributed by atoms with Crippen LogP contribution in [0.4, 0.5) is 5.69 Å². The van der Waals surface area contributed by atoms with E-state index in [9.17, 15) is 14.4 Å². The van der Waals surface area contributed by atoms with E-state index in [2.05, 4.69) is 15.3 Å². The van der Waals surface area contributed by atoms with Gasteiger partial charge >= 0.3 is 5.69 Å². The lowest BCUT2D eigenvalue weighted by molar-refractivity contribution is -0.116. The topological polar surface area (TPSA) is 98.9 Å². The molecule has 1 N–H and O–H groups in total. The van der Waals surface area contributed by atoms with Gasteiger partial charge in [0.15, 0.2) is 5.82 Å². The number of aryl methyl sites for hydroxylation is 2. The van der Waals surface area contributed by atoms with Crippen LogP contribution in [0.5, 0.6) is 0 Å². The van der Waals surface area contributed by atoms with Crippen molar-refractivity contribution in [1.29, 1.82) is 0 Å². The van der Waals surface area contributed by atoms with Gasteiger partial charge in [0, 0.05) is 24.3 Å². The standard InChI is InChI=1S/C23H21N5O3/c1-15-10-16(2)12-18(11-15)25-20(29)14-27-9-3-4-19-21(27)26-23(31)28(22(19)30)13-17-5-7-24-8-6-17/h3-12H,13-14H2,1-2H3,(H,25,29). The Hall–Kier alpha value is -4.07. The molecule has 0 saturated heterocycles. The van der Waals surface area contributed by atoms with Gasteiger partial charge < -0.3 is 9.88 Å². The summed E-state index contributed by atoms with van der Waals surface area (Å²) in [6.07, 6.45) is 4.83. The number of fused-ring (bicyclic) bond motifs is 1. The zero-order valence-electron chi connectivity index (χ0n) is 17.2. The second-order valence-corrected chi connectivity index (χ2v) is 7.44. The average Bonchev–Trinajstić information content (AvgIpc) is 2.72. The molecule has 0 bridgehead atoms. The van der Waals surface area contributed by atoms with Crippen molar-refractivity contribution in [2.24, 2.45) is 0 Å². The molecule has 0 fully saturated rings. The number of pyridine rings is 2. The van der Waals surface area contributed by atoms with E-state index in [1.54, 1.807) is 42.9 Å². The molecule has 2 aliphatic heterocycles. The lowest BCUT2D eigenvalue weighted by Gasteiger charge is -2.15. The van der Waals surface area contributed by atoms with Crippen molar-refractivity contribution in [1.82, 2.24) is 19.1 Å². The Morgan fingerprint density at radius 1 is 1.03 bits per heavy atom. The number of carbonyl (C=O) groups excluding carboxylic acids is 1. The van der Waals surface area contributed by atoms with Crippen LogP contribution < -0.4 is 16.6 Å². The molecule has 1 aromatic carbocycles. The third kappa shape index (κ3) is 4.42. The maximum atomic E-state index is 13.0. The summed E-state index contributed by atoms with van der Waals surface area (Å²) in [7, 11) is 0. The lowest BCUT2D eigenvalue weighted by Crippen LogP contribution is -2.38. The van der Waals surface area contributed by atoms with Crippen LogP contribution in [0, 0.1) is 13.8 Å². The number of nitrogens with one attached hydrogen (secondary N) is 1. The number of carbonyl (C=O) groups is 1. The first-order chi connectivity index (χ1) is 14.9. The van der Waals surface area contributed by atoms with E-state index in [1.807, 2.05) is 32.0 Å². The monoisotopic (exact) mass is 415 g/mol. The molecule has 1 amide bonds. The molecular weight excluding hydrogens is 394 g/mol. The molecule has 156 valence electrons. The van der Waals surface area contributed by atoms with E-state index in [4.69, 9.17) is 0 Å². The minimum Gasteiger partial charge on any atom is -0.325 e. The first kappa shape index (κ1) is 20.2. The highest BCUT2D eigenvalue weighted by Crippen LogP contribution is 2.16. The van der Waals surface area contributed by atoms with Crippen LogP contribution in [0.25, 0.3) is 11.4 Å². The first-order valence-electron chi connectivity index (χ1n) is 9.78. The molecule has 4 rings (SSSR count). The number of anilines is 1. The van der Waals surface area contributed by atoms with Gasteiger partial charge in [0.25, 0.3) is 5.56 Å². The highest BCUT2D eigenvalue weighted by molar-refractivity contribution is 5.91. The smallest absolute Gasteiger partial charge is 0.325 e. The fourth-order valence-corrected chi connectivity index (χ4v) is 3.56. The van der Waals surface area contributed by atoms with Crippen molar-refractivity contribution in [3.05, 3.63) is 98.6 Å². The highest BCUT2D eigenvalue weighted by atomic mass is 16.2. The van der Waals surface area contributed by atoms with Crippen LogP contribution in [-0.2, 0) is 17.9 Å². The van der Waals surface area contributed by atoms with E-state index in [0.29, 0.717) is 5.69 Å². The Balaban J connectivity index is 1.64. The normalized spacial score (nSPS) is 10.9. The summed E-state index contributed by atoms with van der Waals surface area (Å²) in [5.74, 6) is -0.100. The van der Waals surface area contributed by atoms with Gasteiger partial charge in [0.2, 0.25) is 5.91 Å². The number of benzene rings is 1. The summed E-state index contributed by atoms with van der Waals surface area (Å²) in [6.45, 7) is 3.94. The molecule has 0 aliphatic carbocycles. The second kappa shape index (κ2) is 8.35. The van der Waals surface area contributed by atoms with Gasteiger partial charge in [0.1, 0.15) is 6.54 Å². The third-order valence-electron chi connectivity index (χ3n) is 4.86. The van der Waals surface area contributed by atoms with Crippen LogP contribution in [0.2, 0.25) is 0 Å². The molecule has 31 heavy (non-hydrogen) atoms. The Labute approximate surface area is 178 Å². The van der Waals surface area contributed by atoms with Crippen LogP contribution in [-0.4, -0.2) is 25.0 Å². The van der Waals surface area contributed by atoms with E-state index < -0.39 is 11.2 Å². The molecule has 1 aromatic heterocycles. The second-order valence-electron chi connectivity index (χ2n) is 7.44. The molecule has 0 unspecified atom stereocenters. The minimum absolute atomic E-state index is 0.0788. The van der Waals surface area contributed by atoms with Crippen LogP contribution in [0.15, 0.2) is 70.6 Å². The predicted molar refractivity (Wildman–Crippen MR) is 117 cm³/mol. The summed E-state index contributed by atoms with van der Waals surface area (Å²) in [5.41, 5.74) is 2.71. The molecule has 2 aromatic rings. The van der Waals surface area contributed by atoms with Gasteiger partial charge in [0.05, 0.1) is 12.1 Å². The average molecular weight is 415 g/mol. The number of hydrogen-bond acceptors (Lipinski definition) is 5. The molecule has 3 heterocycles. The summed E-state index contributed by atoms with van der Waals surface area (Å²) in [5, 5.41) is 2.86. The van der Waals surface area contributed by atoms with Crippen molar-refractivity contribution in [2.75, 3.05) is 5.32 Å². The number of aromatic nitrogens is 4. The van der Waals surface area contributed by atoms with E-state index >= 15 is 0 Å². The first-order valence-corrected chi connectivity index (χ1v) is 9.78. The summed E-state index contributed by atoms with van der Waals surface area (Å²) in [4.78, 5) is 46.2. The minimum atomic E-state index is -0.663. The third-order valence-corrected chi connectivity index (χ3v) is 4.86. The van der Waals surface area contributed by atoms with Crippen LogP contribution in [0.1, 0.15) is 16.7 Å². The molecule has 8 nitrogen and oxygen atoms in total. The zero-order chi connectivity index (χ0) is 22.0. The molecule has 0 saturated carbocycles. The molecule has 0 atom stereocenters. The lowest BCUT2D eigenvalue weighted by atomic mass is 10.1. The summed E-state index contributed by atoms with van der Waals surface area (Å²) >= 11 is 0. The fraction of sp³-hybridized carbons (Fsp3) is 0.174. The Morgan fingerprint density at radius 2 is 1.74 bits per heavy atom. The maximum Gasteiger partial charge on any atom is 0.352 e. The van der Waals surface area contributed by atoms with Crippen molar-refractivity contribution < 1.29 is 4.79 Å². The largest absolute Gasteiger partial charge is 0.352 e. The summed E-state index contributed by atoms with van der Waals surface area (Å²) < 4.78 is 2.59. The quantitative estimate of drug-likeness (QED) is 0.539. The van der Waals surface area contributed by atoms with E-state index in [1.165, 1.54) is 4.57 Å². The van der Waals surface area contributed by atoms with Gasteiger partial charge in [-0.1, -0.05) is 6.07 Å². The molecule has 0 radical (unpaired) electrons. The predicted octanol–water partition coefficient (Wildman–Crippen LogP) is 2.21. The maximum absolute atomic E-state index is 13.0. The van der Waals surface area contributed by atoms with E-state index in [-0.39, 0.29) is 30.4 Å². The fourth-order valence-electron chi connectivity index (χ4n) is 3.56. The SMILES string of the molecule is Cc1cc(C)cc(NC(=O)Cn2cccc3c(=O)n(Cc4ccncc4)c(=O)nc2-3)c1. The number of hydrogen-bond donors (Lipinski definition) is 1. The van der Waals surface area contributed by atoms with Crippen molar-refractivity contribution in [3.63, 3.8) is 0 Å². The number of amides is 1. The van der Waals surface area contributed by atoms with E-state index in [0.717, 1.165) is 21.3 Å². The Bertz CT molecular complexity index is 1320. The van der Waals surface area contributed by atoms with Crippen molar-refractivity contribution in [3.8, 4) is 11.4 Å². The van der Waals surface area contributed by atoms with Crippen LogP contribution >= 0.6 is 0 Å². The van der Waals surface area contributed by atoms with Gasteiger partial charge in [-0.05, 0) is 66.9 Å². The zero-order valence-corrected chi connectivity index (χ0v) is 17.2. The van der Waals surface area contributed by atoms with Gasteiger partial charge in [-0.25, -0.2) is 4.79 Å². The molecular formula is C23H21N5O3. The van der Waals surface area contributed by atoms with Crippen molar-refractivity contribution in [2.45, 2.75) is 26.9 Å². The van der Waals surface area contributed by atoms with Gasteiger partial charge in [-0.2, -0.15) is 4.98 Å².